The second-order valence-corrected chi connectivity index (χ2v) is 20.9. The molecule has 0 radical (unpaired) electrons. The average molecular weight is 557 g/mol. The first-order valence-electron chi connectivity index (χ1n) is 15.6. The summed E-state index contributed by atoms with van der Waals surface area (Å²) in [5, 5.41) is 0.184. The molecule has 0 bridgehead atoms. The molecule has 6 heteroatoms. The molecule has 38 heavy (non-hydrogen) atoms. The molecule has 0 aromatic rings. The number of fused-ring (bicyclic) bond motifs is 5. The summed E-state index contributed by atoms with van der Waals surface area (Å²) in [5.41, 5.74) is 0.487. The van der Waals surface area contributed by atoms with E-state index < -0.39 is 20.3 Å². The van der Waals surface area contributed by atoms with Crippen molar-refractivity contribution in [2.24, 2.45) is 52.3 Å². The highest BCUT2D eigenvalue weighted by Crippen LogP contribution is 2.69. The van der Waals surface area contributed by atoms with Crippen LogP contribution < -0.4 is 0 Å². The highest BCUT2D eigenvalue weighted by molar-refractivity contribution is 6.74. The molecule has 10 atom stereocenters. The lowest BCUT2D eigenvalue weighted by Crippen LogP contribution is -2.60. The number of halogens is 3. The molecule has 0 aromatic heterocycles. The maximum absolute atomic E-state index is 12.9. The Balaban J connectivity index is 1.58. The predicted molar refractivity (Wildman–Crippen MR) is 151 cm³/mol. The van der Waals surface area contributed by atoms with Crippen LogP contribution in [0.1, 0.15) is 113 Å². The Morgan fingerprint density at radius 3 is 2.16 bits per heavy atom. The van der Waals surface area contributed by atoms with Gasteiger partial charge in [0.1, 0.15) is 0 Å². The van der Waals surface area contributed by atoms with E-state index >= 15 is 0 Å². The number of rotatable bonds is 6. The predicted octanol–water partition coefficient (Wildman–Crippen LogP) is 9.83. The molecule has 220 valence electrons. The Hall–Kier alpha value is -0.363. The van der Waals surface area contributed by atoms with Crippen LogP contribution in [0.15, 0.2) is 0 Å². The van der Waals surface area contributed by atoms with Gasteiger partial charge >= 0.3 is 6.18 Å². The van der Waals surface area contributed by atoms with E-state index in [1.807, 2.05) is 0 Å². The third kappa shape index (κ3) is 5.32. The Morgan fingerprint density at radius 2 is 1.55 bits per heavy atom. The Kier molecular flexibility index (Phi) is 8.19. The fraction of sp³-hybridized carbons (Fsp3) is 0.969. The zero-order valence-electron chi connectivity index (χ0n) is 25.6. The molecule has 0 amide bonds. The highest BCUT2D eigenvalue weighted by Gasteiger charge is 2.63. The molecule has 0 saturated heterocycles. The van der Waals surface area contributed by atoms with E-state index in [1.165, 1.54) is 38.5 Å². The lowest BCUT2D eigenvalue weighted by molar-refractivity contribution is -0.171. The summed E-state index contributed by atoms with van der Waals surface area (Å²) >= 11 is 0. The van der Waals surface area contributed by atoms with Crippen LogP contribution in [0.5, 0.6) is 0 Å². The van der Waals surface area contributed by atoms with E-state index in [1.54, 1.807) is 0 Å². The number of carbonyl (C=O) groups is 1. The molecular formula is C32H55F3O2Si. The molecule has 4 aliphatic rings. The standard InChI is InChI=1S/C32H55F3O2Si/c1-20-14-16-31(7)25-15-17-30(6)23(21(2)10-13-28(36)32(33,34)35)11-12-24(30)22(25)19-27(26(31)18-20)37-38(8,9)29(3,4)5/h20-27H,10-19H2,1-9H3/t20-,21?,22?,23?,24?,25?,26+,27+,30?,31?/m1/s1. The number of alkyl halides is 3. The van der Waals surface area contributed by atoms with E-state index in [0.717, 1.165) is 24.7 Å². The van der Waals surface area contributed by atoms with Gasteiger partial charge in [0.05, 0.1) is 0 Å². The van der Waals surface area contributed by atoms with Gasteiger partial charge in [0.25, 0.3) is 0 Å². The number of Topliss-reactive ketones (excluding diaryl/α,β-unsaturated/α-hetero) is 1. The van der Waals surface area contributed by atoms with Crippen molar-refractivity contribution in [3.63, 3.8) is 0 Å². The lowest BCUT2D eigenvalue weighted by atomic mass is 9.43. The zero-order chi connectivity index (χ0) is 28.5. The minimum absolute atomic E-state index is 0.148. The van der Waals surface area contributed by atoms with Crippen LogP contribution in [0.2, 0.25) is 18.1 Å². The summed E-state index contributed by atoms with van der Waals surface area (Å²) in [5.74, 6) is 2.40. The van der Waals surface area contributed by atoms with Gasteiger partial charge in [-0.1, -0.05) is 54.9 Å². The lowest BCUT2D eigenvalue weighted by Gasteiger charge is -2.64. The van der Waals surface area contributed by atoms with Gasteiger partial charge in [0, 0.05) is 12.5 Å². The molecule has 7 unspecified atom stereocenters. The Bertz CT molecular complexity index is 879. The number of hydrogen-bond acceptors (Lipinski definition) is 2. The van der Waals surface area contributed by atoms with Crippen molar-refractivity contribution in [2.75, 3.05) is 0 Å². The first-order chi connectivity index (χ1) is 17.3. The van der Waals surface area contributed by atoms with Gasteiger partial charge in [-0.25, -0.2) is 0 Å². The summed E-state index contributed by atoms with van der Waals surface area (Å²) in [6.45, 7) is 21.4. The second-order valence-electron chi connectivity index (χ2n) is 16.2. The fourth-order valence-electron chi connectivity index (χ4n) is 9.83. The zero-order valence-corrected chi connectivity index (χ0v) is 26.6. The largest absolute Gasteiger partial charge is 0.449 e. The monoisotopic (exact) mass is 556 g/mol. The Morgan fingerprint density at radius 1 is 0.947 bits per heavy atom. The second kappa shape index (κ2) is 10.2. The summed E-state index contributed by atoms with van der Waals surface area (Å²) in [6, 6.07) is 0. The van der Waals surface area contributed by atoms with Crippen LogP contribution in [-0.4, -0.2) is 26.4 Å². The van der Waals surface area contributed by atoms with Crippen molar-refractivity contribution in [3.05, 3.63) is 0 Å². The number of carbonyl (C=O) groups excluding carboxylic acids is 1. The molecule has 0 heterocycles. The SMILES string of the molecule is CC(CCC(=O)C(F)(F)F)C1CCC2C3C[C@H](O[Si](C)(C)C(C)(C)C)[C@@H]4C[C@H](C)CCC4(C)C3CCC12C. The Labute approximate surface area is 231 Å². The van der Waals surface area contributed by atoms with Gasteiger partial charge in [-0.15, -0.1) is 0 Å². The fourth-order valence-corrected chi connectivity index (χ4v) is 11.2. The van der Waals surface area contributed by atoms with Gasteiger partial charge in [0.15, 0.2) is 8.32 Å². The number of hydrogen-bond donors (Lipinski definition) is 0. The van der Waals surface area contributed by atoms with E-state index in [0.29, 0.717) is 41.6 Å². The van der Waals surface area contributed by atoms with E-state index in [-0.39, 0.29) is 22.8 Å². The van der Waals surface area contributed by atoms with Crippen LogP contribution in [0.25, 0.3) is 0 Å². The highest BCUT2D eigenvalue weighted by atomic mass is 28.4. The van der Waals surface area contributed by atoms with Gasteiger partial charge < -0.3 is 4.43 Å². The van der Waals surface area contributed by atoms with Crippen molar-refractivity contribution in [2.45, 2.75) is 143 Å². The molecule has 0 aromatic carbocycles. The third-order valence-corrected chi connectivity index (χ3v) is 17.6. The van der Waals surface area contributed by atoms with Crippen molar-refractivity contribution < 1.29 is 22.4 Å². The summed E-state index contributed by atoms with van der Waals surface area (Å²) < 4.78 is 45.9. The molecular weight excluding hydrogens is 501 g/mol. The van der Waals surface area contributed by atoms with Crippen LogP contribution in [-0.2, 0) is 9.22 Å². The molecule has 4 rings (SSSR count). The normalized spacial score (nSPS) is 42.7. The van der Waals surface area contributed by atoms with Crippen LogP contribution in [0.3, 0.4) is 0 Å². The minimum Gasteiger partial charge on any atom is -0.414 e. The third-order valence-electron chi connectivity index (χ3n) is 13.1. The van der Waals surface area contributed by atoms with E-state index in [4.69, 9.17) is 4.43 Å². The maximum atomic E-state index is 12.9. The maximum Gasteiger partial charge on any atom is 0.449 e. The average Bonchev–Trinajstić information content (AvgIpc) is 3.14. The van der Waals surface area contributed by atoms with Crippen molar-refractivity contribution in [1.29, 1.82) is 0 Å². The van der Waals surface area contributed by atoms with Crippen molar-refractivity contribution in [3.8, 4) is 0 Å². The van der Waals surface area contributed by atoms with E-state index in [9.17, 15) is 18.0 Å². The molecule has 4 saturated carbocycles. The van der Waals surface area contributed by atoms with Crippen molar-refractivity contribution in [1.82, 2.24) is 0 Å². The van der Waals surface area contributed by atoms with Gasteiger partial charge in [-0.2, -0.15) is 13.2 Å². The molecule has 4 fully saturated rings. The van der Waals surface area contributed by atoms with Crippen LogP contribution in [0.4, 0.5) is 13.2 Å². The van der Waals surface area contributed by atoms with Crippen LogP contribution in [0, 0.1) is 52.3 Å². The first kappa shape index (κ1) is 30.6. The first-order valence-corrected chi connectivity index (χ1v) is 18.5. The summed E-state index contributed by atoms with van der Waals surface area (Å²) in [6.07, 6.45) is 5.40. The molecule has 0 aliphatic heterocycles. The molecule has 2 nitrogen and oxygen atoms in total. The summed E-state index contributed by atoms with van der Waals surface area (Å²) in [7, 11) is -1.92. The smallest absolute Gasteiger partial charge is 0.414 e. The molecule has 0 spiro atoms. The number of ketones is 1. The van der Waals surface area contributed by atoms with E-state index in [2.05, 4.69) is 61.6 Å². The van der Waals surface area contributed by atoms with Gasteiger partial charge in [-0.05, 0) is 122 Å². The van der Waals surface area contributed by atoms with Crippen LogP contribution >= 0.6 is 0 Å². The molecule has 0 N–H and O–H groups in total. The van der Waals surface area contributed by atoms with Gasteiger partial charge in [0.2, 0.25) is 5.78 Å². The quantitative estimate of drug-likeness (QED) is 0.304. The van der Waals surface area contributed by atoms with Gasteiger partial charge in [-0.3, -0.25) is 4.79 Å². The van der Waals surface area contributed by atoms with Crippen molar-refractivity contribution >= 4 is 14.1 Å². The topological polar surface area (TPSA) is 26.3 Å². The summed E-state index contributed by atoms with van der Waals surface area (Å²) in [4.78, 5) is 11.6. The molecule has 4 aliphatic carbocycles. The minimum atomic E-state index is -4.70.